The first kappa shape index (κ1) is 27.4. The molecule has 0 fully saturated rings. The number of carbonyl (C=O) groups is 3. The molecule has 0 aliphatic carbocycles. The molecule has 8 heteroatoms. The first-order chi connectivity index (χ1) is 17.7. The minimum atomic E-state index is -0.721. The average molecular weight is 516 g/mol. The number of amides is 2. The van der Waals surface area contributed by atoms with E-state index in [1.165, 1.54) is 22.3 Å². The number of benzene rings is 2. The van der Waals surface area contributed by atoms with Crippen LogP contribution in [0.15, 0.2) is 65.6 Å². The number of ether oxygens (including phenoxy) is 1. The highest BCUT2D eigenvalue weighted by molar-refractivity contribution is 7.15. The van der Waals surface area contributed by atoms with E-state index in [1.807, 2.05) is 62.4 Å². The van der Waals surface area contributed by atoms with Crippen molar-refractivity contribution in [2.45, 2.75) is 34.1 Å². The summed E-state index contributed by atoms with van der Waals surface area (Å²) in [6.07, 6.45) is 1.58. The molecule has 190 valence electrons. The number of hydrogen-bond donors (Lipinski definition) is 1. The van der Waals surface area contributed by atoms with Crippen LogP contribution in [-0.4, -0.2) is 30.9 Å². The number of nitrogens with zero attached hydrogens (tertiary/aromatic N) is 2. The molecule has 37 heavy (non-hydrogen) atoms. The number of allylic oxidation sites excluding steroid dienone is 1. The predicted molar refractivity (Wildman–Crippen MR) is 147 cm³/mol. The third-order valence-corrected chi connectivity index (χ3v) is 6.23. The first-order valence-corrected chi connectivity index (χ1v) is 12.6. The monoisotopic (exact) mass is 515 g/mol. The normalized spacial score (nSPS) is 10.2. The summed E-state index contributed by atoms with van der Waals surface area (Å²) in [4.78, 5) is 40.3. The van der Waals surface area contributed by atoms with E-state index in [0.29, 0.717) is 16.3 Å². The fourth-order valence-electron chi connectivity index (χ4n) is 3.84. The Morgan fingerprint density at radius 3 is 2.38 bits per heavy atom. The van der Waals surface area contributed by atoms with Crippen LogP contribution in [-0.2, 0) is 14.3 Å². The van der Waals surface area contributed by atoms with Gasteiger partial charge < -0.3 is 15.0 Å². The Balaban J connectivity index is 1.87. The SMILES string of the molecule is CC(C)=CC(=O)Nc1scc(-c2ccccc2)c1C(=O)OCC(=O)N(CCC#N)c1cc(C)cc(C)c1. The number of nitrogens with one attached hydrogen (secondary N) is 1. The van der Waals surface area contributed by atoms with Crippen LogP contribution in [0.4, 0.5) is 10.7 Å². The summed E-state index contributed by atoms with van der Waals surface area (Å²) in [5.74, 6) is -1.52. The smallest absolute Gasteiger partial charge is 0.342 e. The molecule has 0 spiro atoms. The zero-order valence-corrected chi connectivity index (χ0v) is 22.1. The molecule has 0 saturated heterocycles. The summed E-state index contributed by atoms with van der Waals surface area (Å²) < 4.78 is 5.48. The summed E-state index contributed by atoms with van der Waals surface area (Å²) in [5, 5.41) is 14.0. The van der Waals surface area contributed by atoms with Crippen LogP contribution in [0.25, 0.3) is 11.1 Å². The van der Waals surface area contributed by atoms with E-state index < -0.39 is 18.5 Å². The summed E-state index contributed by atoms with van der Waals surface area (Å²) >= 11 is 1.21. The zero-order valence-electron chi connectivity index (χ0n) is 21.3. The van der Waals surface area contributed by atoms with Gasteiger partial charge in [0.2, 0.25) is 5.91 Å². The van der Waals surface area contributed by atoms with Crippen molar-refractivity contribution >= 4 is 39.8 Å². The molecule has 3 aromatic rings. The van der Waals surface area contributed by atoms with Crippen molar-refractivity contribution in [2.75, 3.05) is 23.4 Å². The maximum Gasteiger partial charge on any atom is 0.342 e. The van der Waals surface area contributed by atoms with Gasteiger partial charge in [0.1, 0.15) is 10.6 Å². The number of carbonyl (C=O) groups excluding carboxylic acids is 3. The number of aryl methyl sites for hydroxylation is 2. The van der Waals surface area contributed by atoms with Crippen LogP contribution in [0.5, 0.6) is 0 Å². The molecule has 2 aromatic carbocycles. The molecule has 2 amide bonds. The molecule has 0 unspecified atom stereocenters. The molecule has 0 aliphatic rings. The molecule has 7 nitrogen and oxygen atoms in total. The fourth-order valence-corrected chi connectivity index (χ4v) is 4.80. The van der Waals surface area contributed by atoms with Crippen molar-refractivity contribution in [3.05, 3.63) is 82.3 Å². The summed E-state index contributed by atoms with van der Waals surface area (Å²) in [7, 11) is 0. The first-order valence-electron chi connectivity index (χ1n) is 11.7. The highest BCUT2D eigenvalue weighted by Gasteiger charge is 2.25. The van der Waals surface area contributed by atoms with Gasteiger partial charge in [-0.15, -0.1) is 11.3 Å². The molecular weight excluding hydrogens is 486 g/mol. The lowest BCUT2D eigenvalue weighted by molar-refractivity contribution is -0.121. The average Bonchev–Trinajstić information content (AvgIpc) is 3.25. The third kappa shape index (κ3) is 7.38. The van der Waals surface area contributed by atoms with Crippen LogP contribution in [0.1, 0.15) is 41.8 Å². The fraction of sp³-hybridized carbons (Fsp3) is 0.241. The van der Waals surface area contributed by atoms with Crippen molar-refractivity contribution < 1.29 is 19.1 Å². The Hall–Kier alpha value is -4.22. The van der Waals surface area contributed by atoms with Crippen molar-refractivity contribution in [3.63, 3.8) is 0 Å². The lowest BCUT2D eigenvalue weighted by Crippen LogP contribution is -2.35. The summed E-state index contributed by atoms with van der Waals surface area (Å²) in [5.41, 5.74) is 4.99. The van der Waals surface area contributed by atoms with Gasteiger partial charge >= 0.3 is 5.97 Å². The van der Waals surface area contributed by atoms with Crippen LogP contribution in [0, 0.1) is 25.2 Å². The Bertz CT molecular complexity index is 1350. The lowest BCUT2D eigenvalue weighted by Gasteiger charge is -2.22. The number of esters is 1. The molecule has 1 heterocycles. The Kier molecular flexibility index (Phi) is 9.36. The standard InChI is InChI=1S/C29H29N3O4S/c1-19(2)13-25(33)31-28-27(24(18-37-28)22-9-6-5-7-10-22)29(35)36-17-26(34)32(12-8-11-30)23-15-20(3)14-21(4)16-23/h5-7,9-10,13-16,18H,8,12,17H2,1-4H3,(H,31,33). The largest absolute Gasteiger partial charge is 0.452 e. The predicted octanol–water partition coefficient (Wildman–Crippen LogP) is 6.04. The maximum absolute atomic E-state index is 13.3. The maximum atomic E-state index is 13.3. The molecule has 1 aromatic heterocycles. The van der Waals surface area contributed by atoms with E-state index in [4.69, 9.17) is 10.00 Å². The summed E-state index contributed by atoms with van der Waals surface area (Å²) in [6, 6.07) is 17.0. The highest BCUT2D eigenvalue weighted by Crippen LogP contribution is 2.36. The third-order valence-electron chi connectivity index (χ3n) is 5.33. The van der Waals surface area contributed by atoms with Gasteiger partial charge in [-0.2, -0.15) is 5.26 Å². The number of nitriles is 1. The summed E-state index contributed by atoms with van der Waals surface area (Å²) in [6.45, 7) is 7.12. The van der Waals surface area contributed by atoms with E-state index >= 15 is 0 Å². The highest BCUT2D eigenvalue weighted by atomic mass is 32.1. The van der Waals surface area contributed by atoms with Gasteiger partial charge in [0.05, 0.1) is 12.5 Å². The van der Waals surface area contributed by atoms with E-state index in [2.05, 4.69) is 11.4 Å². The quantitative estimate of drug-likeness (QED) is 0.277. The van der Waals surface area contributed by atoms with Crippen LogP contribution in [0.3, 0.4) is 0 Å². The number of thiophene rings is 1. The second kappa shape index (κ2) is 12.7. The Morgan fingerprint density at radius 1 is 1.08 bits per heavy atom. The number of anilines is 2. The van der Waals surface area contributed by atoms with E-state index in [1.54, 1.807) is 19.2 Å². The van der Waals surface area contributed by atoms with Crippen molar-refractivity contribution in [1.82, 2.24) is 0 Å². The van der Waals surface area contributed by atoms with Gasteiger partial charge in [-0.25, -0.2) is 4.79 Å². The molecule has 3 rings (SSSR count). The minimum Gasteiger partial charge on any atom is -0.452 e. The molecule has 1 N–H and O–H groups in total. The van der Waals surface area contributed by atoms with Crippen LogP contribution >= 0.6 is 11.3 Å². The van der Waals surface area contributed by atoms with Gasteiger partial charge in [0, 0.05) is 29.3 Å². The Morgan fingerprint density at radius 2 is 1.76 bits per heavy atom. The second-order valence-electron chi connectivity index (χ2n) is 8.81. The van der Waals surface area contributed by atoms with Crippen molar-refractivity contribution in [1.29, 1.82) is 5.26 Å². The van der Waals surface area contributed by atoms with Crippen LogP contribution < -0.4 is 10.2 Å². The Labute approximate surface area is 221 Å². The molecule has 0 aliphatic heterocycles. The molecule has 0 bridgehead atoms. The van der Waals surface area contributed by atoms with E-state index in [9.17, 15) is 14.4 Å². The molecule has 0 saturated carbocycles. The van der Waals surface area contributed by atoms with Gasteiger partial charge in [-0.1, -0.05) is 42.0 Å². The number of rotatable bonds is 9. The minimum absolute atomic E-state index is 0.135. The van der Waals surface area contributed by atoms with Gasteiger partial charge in [-0.05, 0) is 56.5 Å². The lowest BCUT2D eigenvalue weighted by atomic mass is 10.0. The van der Waals surface area contributed by atoms with Gasteiger partial charge in [0.25, 0.3) is 5.91 Å². The van der Waals surface area contributed by atoms with E-state index in [-0.39, 0.29) is 24.4 Å². The molecular formula is C29H29N3O4S. The zero-order chi connectivity index (χ0) is 26.9. The van der Waals surface area contributed by atoms with Crippen molar-refractivity contribution in [2.24, 2.45) is 0 Å². The van der Waals surface area contributed by atoms with Gasteiger partial charge in [-0.3, -0.25) is 9.59 Å². The van der Waals surface area contributed by atoms with Crippen LogP contribution in [0.2, 0.25) is 0 Å². The molecule has 0 radical (unpaired) electrons. The van der Waals surface area contributed by atoms with E-state index in [0.717, 1.165) is 22.3 Å². The van der Waals surface area contributed by atoms with Gasteiger partial charge in [0.15, 0.2) is 6.61 Å². The topological polar surface area (TPSA) is 99.5 Å². The number of hydrogen-bond acceptors (Lipinski definition) is 6. The molecule has 0 atom stereocenters. The van der Waals surface area contributed by atoms with Crippen molar-refractivity contribution in [3.8, 4) is 17.2 Å². The second-order valence-corrected chi connectivity index (χ2v) is 9.69.